The topological polar surface area (TPSA) is 44.5 Å². The molecular formula is C10H21NO2. The van der Waals surface area contributed by atoms with Crippen molar-refractivity contribution in [3.63, 3.8) is 0 Å². The fraction of sp³-hybridized carbons (Fsp3) is 0.800. The molecule has 3 heteroatoms. The van der Waals surface area contributed by atoms with Crippen molar-refractivity contribution in [1.29, 1.82) is 0 Å². The summed E-state index contributed by atoms with van der Waals surface area (Å²) in [7, 11) is 0. The Morgan fingerprint density at radius 1 is 1.00 bits per heavy atom. The average molecular weight is 187 g/mol. The molecule has 3 nitrogen and oxygen atoms in total. The molecule has 0 heterocycles. The second-order valence-corrected chi connectivity index (χ2v) is 2.85. The highest BCUT2D eigenvalue weighted by Crippen LogP contribution is 1.98. The molecule has 0 aliphatic rings. The van der Waals surface area contributed by atoms with Gasteiger partial charge in [-0.15, -0.1) is 0 Å². The van der Waals surface area contributed by atoms with Crippen LogP contribution in [0.4, 0.5) is 0 Å². The summed E-state index contributed by atoms with van der Waals surface area (Å²) in [5.41, 5.74) is 5.37. The summed E-state index contributed by atoms with van der Waals surface area (Å²) >= 11 is 0. The van der Waals surface area contributed by atoms with Gasteiger partial charge in [0.25, 0.3) is 0 Å². The van der Waals surface area contributed by atoms with Gasteiger partial charge in [-0.05, 0) is 19.4 Å². The van der Waals surface area contributed by atoms with Crippen LogP contribution in [0.15, 0.2) is 12.8 Å². The van der Waals surface area contributed by atoms with Crippen molar-refractivity contribution in [2.24, 2.45) is 5.73 Å². The van der Waals surface area contributed by atoms with E-state index in [0.717, 1.165) is 26.0 Å². The third-order valence-corrected chi connectivity index (χ3v) is 1.71. The van der Waals surface area contributed by atoms with Gasteiger partial charge in [-0.2, -0.15) is 0 Å². The van der Waals surface area contributed by atoms with E-state index in [4.69, 9.17) is 15.2 Å². The van der Waals surface area contributed by atoms with E-state index < -0.39 is 0 Å². The third-order valence-electron chi connectivity index (χ3n) is 1.71. The maximum atomic E-state index is 5.37. The van der Waals surface area contributed by atoms with Crippen molar-refractivity contribution in [1.82, 2.24) is 0 Å². The van der Waals surface area contributed by atoms with Crippen LogP contribution in [-0.4, -0.2) is 26.4 Å². The molecule has 0 radical (unpaired) electrons. The minimum atomic E-state index is 0.603. The summed E-state index contributed by atoms with van der Waals surface area (Å²) in [5, 5.41) is 0. The highest BCUT2D eigenvalue weighted by Gasteiger charge is 1.89. The Balaban J connectivity index is 2.79. The summed E-state index contributed by atoms with van der Waals surface area (Å²) in [4.78, 5) is 0. The molecule has 0 amide bonds. The van der Waals surface area contributed by atoms with E-state index in [1.165, 1.54) is 19.1 Å². The highest BCUT2D eigenvalue weighted by molar-refractivity contribution is 4.48. The van der Waals surface area contributed by atoms with Crippen LogP contribution in [0.5, 0.6) is 0 Å². The van der Waals surface area contributed by atoms with E-state index in [2.05, 4.69) is 6.58 Å². The zero-order chi connectivity index (χ0) is 9.78. The summed E-state index contributed by atoms with van der Waals surface area (Å²) in [6.07, 6.45) is 6.10. The van der Waals surface area contributed by atoms with E-state index in [9.17, 15) is 0 Å². The monoisotopic (exact) mass is 187 g/mol. The molecule has 0 aliphatic carbocycles. The molecule has 78 valence electrons. The van der Waals surface area contributed by atoms with Crippen LogP contribution in [0.1, 0.15) is 25.7 Å². The van der Waals surface area contributed by atoms with Gasteiger partial charge in [-0.1, -0.05) is 19.4 Å². The first kappa shape index (κ1) is 12.5. The summed E-state index contributed by atoms with van der Waals surface area (Å²) < 4.78 is 10.2. The number of nitrogens with two attached hydrogens (primary N) is 1. The van der Waals surface area contributed by atoms with Gasteiger partial charge in [-0.3, -0.25) is 0 Å². The molecular weight excluding hydrogens is 166 g/mol. The lowest BCUT2D eigenvalue weighted by Crippen LogP contribution is -2.03. The van der Waals surface area contributed by atoms with Crippen LogP contribution < -0.4 is 5.73 Å². The molecule has 0 atom stereocenters. The van der Waals surface area contributed by atoms with E-state index in [1.807, 2.05) is 0 Å². The van der Waals surface area contributed by atoms with Gasteiger partial charge >= 0.3 is 0 Å². The lowest BCUT2D eigenvalue weighted by Gasteiger charge is -2.03. The predicted octanol–water partition coefficient (Wildman–Crippen LogP) is 1.68. The van der Waals surface area contributed by atoms with E-state index in [-0.39, 0.29) is 0 Å². The summed E-state index contributed by atoms with van der Waals surface area (Å²) in [5.74, 6) is 0. The SMILES string of the molecule is C=COCCOCCCCCCN. The molecule has 0 aromatic carbocycles. The van der Waals surface area contributed by atoms with Crippen LogP contribution in [0, 0.1) is 0 Å². The first-order chi connectivity index (χ1) is 6.41. The Morgan fingerprint density at radius 2 is 1.77 bits per heavy atom. The van der Waals surface area contributed by atoms with Crippen molar-refractivity contribution in [2.75, 3.05) is 26.4 Å². The van der Waals surface area contributed by atoms with Gasteiger partial charge in [0, 0.05) is 6.61 Å². The van der Waals surface area contributed by atoms with Crippen molar-refractivity contribution >= 4 is 0 Å². The summed E-state index contributed by atoms with van der Waals surface area (Å²) in [6, 6.07) is 0. The zero-order valence-corrected chi connectivity index (χ0v) is 8.34. The molecule has 0 aliphatic heterocycles. The van der Waals surface area contributed by atoms with Gasteiger partial charge in [0.1, 0.15) is 6.61 Å². The van der Waals surface area contributed by atoms with Crippen LogP contribution in [0.25, 0.3) is 0 Å². The minimum Gasteiger partial charge on any atom is -0.499 e. The first-order valence-corrected chi connectivity index (χ1v) is 4.92. The van der Waals surface area contributed by atoms with Gasteiger partial charge in [-0.25, -0.2) is 0 Å². The Kier molecular flexibility index (Phi) is 11.0. The Morgan fingerprint density at radius 3 is 2.46 bits per heavy atom. The Hall–Kier alpha value is -0.540. The van der Waals surface area contributed by atoms with Gasteiger partial charge in [0.2, 0.25) is 0 Å². The standard InChI is InChI=1S/C10H21NO2/c1-2-12-9-10-13-8-6-4-3-5-7-11/h2H,1,3-11H2. The smallest absolute Gasteiger partial charge is 0.111 e. The van der Waals surface area contributed by atoms with Crippen molar-refractivity contribution < 1.29 is 9.47 Å². The molecule has 0 fully saturated rings. The van der Waals surface area contributed by atoms with Crippen LogP contribution >= 0.6 is 0 Å². The fourth-order valence-corrected chi connectivity index (χ4v) is 0.994. The van der Waals surface area contributed by atoms with Crippen LogP contribution in [0.2, 0.25) is 0 Å². The summed E-state index contributed by atoms with van der Waals surface area (Å²) in [6.45, 7) is 6.32. The lowest BCUT2D eigenvalue weighted by atomic mass is 10.2. The molecule has 0 aromatic heterocycles. The van der Waals surface area contributed by atoms with Gasteiger partial charge in [0.05, 0.1) is 12.9 Å². The molecule has 0 rings (SSSR count). The zero-order valence-electron chi connectivity index (χ0n) is 8.34. The van der Waals surface area contributed by atoms with E-state index >= 15 is 0 Å². The van der Waals surface area contributed by atoms with Crippen molar-refractivity contribution in [2.45, 2.75) is 25.7 Å². The molecule has 13 heavy (non-hydrogen) atoms. The molecule has 0 unspecified atom stereocenters. The molecule has 2 N–H and O–H groups in total. The van der Waals surface area contributed by atoms with Crippen molar-refractivity contribution in [3.8, 4) is 0 Å². The molecule has 0 saturated carbocycles. The first-order valence-electron chi connectivity index (χ1n) is 4.92. The number of hydrogen-bond donors (Lipinski definition) is 1. The number of ether oxygens (including phenoxy) is 2. The Labute approximate surface area is 80.9 Å². The number of unbranched alkanes of at least 4 members (excludes halogenated alkanes) is 3. The van der Waals surface area contributed by atoms with E-state index in [1.54, 1.807) is 0 Å². The second kappa shape index (κ2) is 11.5. The van der Waals surface area contributed by atoms with Crippen LogP contribution in [0.3, 0.4) is 0 Å². The maximum absolute atomic E-state index is 5.37. The largest absolute Gasteiger partial charge is 0.499 e. The van der Waals surface area contributed by atoms with Crippen molar-refractivity contribution in [3.05, 3.63) is 12.8 Å². The molecule has 0 saturated heterocycles. The normalized spacial score (nSPS) is 9.92. The lowest BCUT2D eigenvalue weighted by molar-refractivity contribution is 0.0826. The van der Waals surface area contributed by atoms with Gasteiger partial charge in [0.15, 0.2) is 0 Å². The number of hydrogen-bond acceptors (Lipinski definition) is 3. The fourth-order valence-electron chi connectivity index (χ4n) is 0.994. The minimum absolute atomic E-state index is 0.603. The van der Waals surface area contributed by atoms with Crippen LogP contribution in [-0.2, 0) is 9.47 Å². The predicted molar refractivity (Wildman–Crippen MR) is 54.5 cm³/mol. The molecule has 0 spiro atoms. The van der Waals surface area contributed by atoms with Gasteiger partial charge < -0.3 is 15.2 Å². The maximum Gasteiger partial charge on any atom is 0.111 e. The third kappa shape index (κ3) is 11.5. The quantitative estimate of drug-likeness (QED) is 0.418. The number of rotatable bonds is 10. The van der Waals surface area contributed by atoms with E-state index in [0.29, 0.717) is 13.2 Å². The Bertz CT molecular complexity index is 107. The average Bonchev–Trinajstić information content (AvgIpc) is 2.16. The molecule has 0 aromatic rings. The second-order valence-electron chi connectivity index (χ2n) is 2.85. The molecule has 0 bridgehead atoms. The highest BCUT2D eigenvalue weighted by atomic mass is 16.5.